The highest BCUT2D eigenvalue weighted by atomic mass is 35.5. The van der Waals surface area contributed by atoms with Gasteiger partial charge >= 0.3 is 11.9 Å². The first kappa shape index (κ1) is 13.0. The molecule has 1 aromatic carbocycles. The van der Waals surface area contributed by atoms with Gasteiger partial charge in [-0.25, -0.2) is 14.0 Å². The van der Waals surface area contributed by atoms with Crippen molar-refractivity contribution in [3.63, 3.8) is 0 Å². The van der Waals surface area contributed by atoms with Crippen LogP contribution in [0.3, 0.4) is 0 Å². The lowest BCUT2D eigenvalue weighted by Gasteiger charge is -2.08. The summed E-state index contributed by atoms with van der Waals surface area (Å²) in [5, 5.41) is 15.5. The van der Waals surface area contributed by atoms with Crippen molar-refractivity contribution >= 4 is 46.7 Å². The Hall–Kier alpha value is -1.04. The Labute approximate surface area is 103 Å². The molecule has 0 heterocycles. The van der Waals surface area contributed by atoms with Gasteiger partial charge in [-0.3, -0.25) is 0 Å². The standard InChI is InChI=1S/C8H2Cl3FO4/c9-3-1(7(13)14)6(12)2(8(15)16)4(10)5(3)11/h(H,13,14)(H,15,16). The van der Waals surface area contributed by atoms with E-state index in [0.717, 1.165) is 0 Å². The number of carboxylic acid groups (broad SMARTS) is 2. The minimum atomic E-state index is -1.73. The first-order chi connectivity index (χ1) is 7.29. The molecule has 0 radical (unpaired) electrons. The Morgan fingerprint density at radius 1 is 0.875 bits per heavy atom. The van der Waals surface area contributed by atoms with E-state index in [4.69, 9.17) is 45.0 Å². The molecular weight excluding hydrogens is 285 g/mol. The number of hydrogen-bond acceptors (Lipinski definition) is 2. The van der Waals surface area contributed by atoms with Crippen molar-refractivity contribution in [3.8, 4) is 0 Å². The molecule has 1 rings (SSSR count). The van der Waals surface area contributed by atoms with Gasteiger partial charge in [-0.2, -0.15) is 0 Å². The highest BCUT2D eigenvalue weighted by Gasteiger charge is 2.28. The van der Waals surface area contributed by atoms with Crippen molar-refractivity contribution in [2.24, 2.45) is 0 Å². The molecule has 0 fully saturated rings. The maximum atomic E-state index is 13.5. The second-order valence-corrected chi connectivity index (χ2v) is 3.75. The van der Waals surface area contributed by atoms with Gasteiger partial charge in [0.15, 0.2) is 5.82 Å². The van der Waals surface area contributed by atoms with Crippen LogP contribution in [0.1, 0.15) is 20.7 Å². The predicted octanol–water partition coefficient (Wildman–Crippen LogP) is 3.18. The van der Waals surface area contributed by atoms with Gasteiger partial charge < -0.3 is 10.2 Å². The molecule has 0 unspecified atom stereocenters. The van der Waals surface area contributed by atoms with Crippen molar-refractivity contribution in [2.75, 3.05) is 0 Å². The Morgan fingerprint density at radius 2 is 1.19 bits per heavy atom. The third-order valence-electron chi connectivity index (χ3n) is 1.69. The Kier molecular flexibility index (Phi) is 3.62. The molecule has 0 spiro atoms. The van der Waals surface area contributed by atoms with E-state index in [1.54, 1.807) is 0 Å². The topological polar surface area (TPSA) is 74.6 Å². The fourth-order valence-corrected chi connectivity index (χ4v) is 1.76. The molecule has 2 N–H and O–H groups in total. The largest absolute Gasteiger partial charge is 0.478 e. The zero-order valence-electron chi connectivity index (χ0n) is 7.22. The van der Waals surface area contributed by atoms with Gasteiger partial charge in [-0.15, -0.1) is 0 Å². The average Bonchev–Trinajstić information content (AvgIpc) is 2.13. The predicted molar refractivity (Wildman–Crippen MR) is 55.3 cm³/mol. The van der Waals surface area contributed by atoms with Crippen molar-refractivity contribution in [1.29, 1.82) is 0 Å². The lowest BCUT2D eigenvalue weighted by Crippen LogP contribution is -2.10. The van der Waals surface area contributed by atoms with E-state index in [1.165, 1.54) is 0 Å². The van der Waals surface area contributed by atoms with Crippen molar-refractivity contribution in [3.05, 3.63) is 32.0 Å². The van der Waals surface area contributed by atoms with Crippen LogP contribution in [0.2, 0.25) is 15.1 Å². The van der Waals surface area contributed by atoms with Gasteiger partial charge in [0, 0.05) is 0 Å². The van der Waals surface area contributed by atoms with E-state index in [-0.39, 0.29) is 0 Å². The van der Waals surface area contributed by atoms with Gasteiger partial charge in [-0.1, -0.05) is 34.8 Å². The van der Waals surface area contributed by atoms with Crippen LogP contribution in [0.25, 0.3) is 0 Å². The van der Waals surface area contributed by atoms with E-state index >= 15 is 0 Å². The molecule has 0 atom stereocenters. The minimum Gasteiger partial charge on any atom is -0.478 e. The minimum absolute atomic E-state index is 0.514. The summed E-state index contributed by atoms with van der Waals surface area (Å²) in [5.41, 5.74) is -2.04. The molecule has 86 valence electrons. The van der Waals surface area contributed by atoms with Gasteiger partial charge in [0.05, 0.1) is 15.1 Å². The molecule has 4 nitrogen and oxygen atoms in total. The Balaban J connectivity index is 3.80. The van der Waals surface area contributed by atoms with Crippen LogP contribution in [0, 0.1) is 5.82 Å². The first-order valence-electron chi connectivity index (χ1n) is 3.61. The van der Waals surface area contributed by atoms with Gasteiger partial charge in [0.2, 0.25) is 0 Å². The highest BCUT2D eigenvalue weighted by Crippen LogP contribution is 2.38. The van der Waals surface area contributed by atoms with E-state index in [9.17, 15) is 14.0 Å². The van der Waals surface area contributed by atoms with Crippen molar-refractivity contribution in [1.82, 2.24) is 0 Å². The third kappa shape index (κ3) is 1.93. The molecule has 0 saturated heterocycles. The molecule has 0 amide bonds. The van der Waals surface area contributed by atoms with Crippen LogP contribution in [0.15, 0.2) is 0 Å². The molecule has 0 aromatic heterocycles. The number of aromatic carboxylic acids is 2. The molecule has 0 saturated carbocycles. The summed E-state index contributed by atoms with van der Waals surface area (Å²) in [6.07, 6.45) is 0. The second kappa shape index (κ2) is 4.45. The summed E-state index contributed by atoms with van der Waals surface area (Å²) in [6, 6.07) is 0. The average molecular weight is 287 g/mol. The smallest absolute Gasteiger partial charge is 0.340 e. The maximum absolute atomic E-state index is 13.5. The van der Waals surface area contributed by atoms with Crippen molar-refractivity contribution < 1.29 is 24.2 Å². The van der Waals surface area contributed by atoms with Crippen LogP contribution >= 0.6 is 34.8 Å². The van der Waals surface area contributed by atoms with Crippen LogP contribution in [-0.2, 0) is 0 Å². The molecule has 8 heteroatoms. The third-order valence-corrected chi connectivity index (χ3v) is 3.02. The maximum Gasteiger partial charge on any atom is 0.340 e. The number of halogens is 4. The molecule has 1 aromatic rings. The summed E-state index contributed by atoms with van der Waals surface area (Å²) in [5.74, 6) is -4.99. The molecule has 16 heavy (non-hydrogen) atoms. The molecular formula is C8H2Cl3FO4. The summed E-state index contributed by atoms with van der Waals surface area (Å²) >= 11 is 16.4. The van der Waals surface area contributed by atoms with Crippen LogP contribution < -0.4 is 0 Å². The van der Waals surface area contributed by atoms with Gasteiger partial charge in [0.25, 0.3) is 0 Å². The number of benzene rings is 1. The Morgan fingerprint density at radius 3 is 1.44 bits per heavy atom. The normalized spacial score (nSPS) is 10.2. The van der Waals surface area contributed by atoms with Crippen LogP contribution in [0.4, 0.5) is 4.39 Å². The number of hydrogen-bond donors (Lipinski definition) is 2. The SMILES string of the molecule is O=C(O)c1c(F)c(C(=O)O)c(Cl)c(Cl)c1Cl. The van der Waals surface area contributed by atoms with Gasteiger partial charge in [0.1, 0.15) is 11.1 Å². The van der Waals surface area contributed by atoms with E-state index < -0.39 is 44.0 Å². The summed E-state index contributed by atoms with van der Waals surface area (Å²) in [7, 11) is 0. The zero-order valence-corrected chi connectivity index (χ0v) is 9.49. The van der Waals surface area contributed by atoms with E-state index in [1.807, 2.05) is 0 Å². The van der Waals surface area contributed by atoms with E-state index in [2.05, 4.69) is 0 Å². The van der Waals surface area contributed by atoms with Crippen molar-refractivity contribution in [2.45, 2.75) is 0 Å². The zero-order chi connectivity index (χ0) is 12.6. The summed E-state index contributed by atoms with van der Waals surface area (Å²) in [4.78, 5) is 21.3. The molecule has 0 bridgehead atoms. The first-order valence-corrected chi connectivity index (χ1v) is 4.75. The van der Waals surface area contributed by atoms with E-state index in [0.29, 0.717) is 0 Å². The highest BCUT2D eigenvalue weighted by molar-refractivity contribution is 6.50. The summed E-state index contributed by atoms with van der Waals surface area (Å²) < 4.78 is 13.5. The number of carbonyl (C=O) groups is 2. The Bertz CT molecular complexity index is 460. The fraction of sp³-hybridized carbons (Fsp3) is 0. The van der Waals surface area contributed by atoms with Crippen LogP contribution in [-0.4, -0.2) is 22.2 Å². The lowest BCUT2D eigenvalue weighted by molar-refractivity contribution is 0.0688. The van der Waals surface area contributed by atoms with Gasteiger partial charge in [-0.05, 0) is 0 Å². The second-order valence-electron chi connectivity index (χ2n) is 2.62. The molecule has 0 aliphatic heterocycles. The lowest BCUT2D eigenvalue weighted by atomic mass is 10.1. The quantitative estimate of drug-likeness (QED) is 0.647. The summed E-state index contributed by atoms with van der Waals surface area (Å²) in [6.45, 7) is 0. The molecule has 0 aliphatic rings. The monoisotopic (exact) mass is 286 g/mol. The number of rotatable bonds is 2. The molecule has 0 aliphatic carbocycles. The van der Waals surface area contributed by atoms with Crippen LogP contribution in [0.5, 0.6) is 0 Å². The number of carboxylic acids is 2. The fourth-order valence-electron chi connectivity index (χ4n) is 1.01.